The number of aromatic nitrogens is 3. The summed E-state index contributed by atoms with van der Waals surface area (Å²) in [5, 5.41) is 19.4. The summed E-state index contributed by atoms with van der Waals surface area (Å²) in [4.78, 5) is 4.49. The van der Waals surface area contributed by atoms with E-state index in [0.29, 0.717) is 11.8 Å². The van der Waals surface area contributed by atoms with Gasteiger partial charge in [-0.2, -0.15) is 0 Å². The molecule has 1 fully saturated rings. The molecule has 0 saturated carbocycles. The van der Waals surface area contributed by atoms with Crippen LogP contribution in [0.25, 0.3) is 16.9 Å². The molecule has 140 valence electrons. The predicted molar refractivity (Wildman–Crippen MR) is 108 cm³/mol. The molecule has 3 aromatic rings. The lowest BCUT2D eigenvalue weighted by Crippen LogP contribution is -2.28. The van der Waals surface area contributed by atoms with Crippen LogP contribution in [0.2, 0.25) is 0 Å². The Morgan fingerprint density at radius 3 is 2.78 bits per heavy atom. The van der Waals surface area contributed by atoms with Crippen LogP contribution in [0.4, 0.5) is 11.5 Å². The molecule has 7 nitrogen and oxygen atoms in total. The quantitative estimate of drug-likeness (QED) is 0.604. The third-order valence-electron chi connectivity index (χ3n) is 4.92. The summed E-state index contributed by atoms with van der Waals surface area (Å²) in [5.41, 5.74) is 5.08. The predicted octanol–water partition coefficient (Wildman–Crippen LogP) is 3.42. The fourth-order valence-corrected chi connectivity index (χ4v) is 3.44. The van der Waals surface area contributed by atoms with Gasteiger partial charge in [0.25, 0.3) is 0 Å². The Morgan fingerprint density at radius 1 is 1.22 bits per heavy atom. The maximum Gasteiger partial charge on any atom is 0.154 e. The number of nitrogens with zero attached hydrogens (tertiary/aromatic N) is 3. The molecule has 3 heterocycles. The van der Waals surface area contributed by atoms with Gasteiger partial charge in [-0.15, -0.1) is 5.10 Å². The molecule has 1 saturated heterocycles. The van der Waals surface area contributed by atoms with Crippen LogP contribution >= 0.6 is 0 Å². The molecule has 0 bridgehead atoms. The van der Waals surface area contributed by atoms with Gasteiger partial charge in [-0.25, -0.2) is 9.50 Å². The van der Waals surface area contributed by atoms with Crippen molar-refractivity contribution in [2.75, 3.05) is 30.9 Å². The molecule has 3 N–H and O–H groups in total. The van der Waals surface area contributed by atoms with Gasteiger partial charge in [0.15, 0.2) is 5.65 Å². The lowest BCUT2D eigenvalue weighted by Gasteiger charge is -2.23. The molecule has 0 spiro atoms. The minimum atomic E-state index is 0.390. The summed E-state index contributed by atoms with van der Waals surface area (Å²) in [6, 6.07) is 10.4. The van der Waals surface area contributed by atoms with Gasteiger partial charge in [-0.3, -0.25) is 0 Å². The van der Waals surface area contributed by atoms with Crippen molar-refractivity contribution in [1.82, 2.24) is 14.6 Å². The van der Waals surface area contributed by atoms with Crippen molar-refractivity contribution < 1.29 is 4.74 Å². The molecule has 0 atom stereocenters. The molecule has 7 heteroatoms. The van der Waals surface area contributed by atoms with Crippen LogP contribution in [0.1, 0.15) is 25.3 Å². The Balaban J connectivity index is 1.69. The van der Waals surface area contributed by atoms with Gasteiger partial charge in [-0.05, 0) is 38.0 Å². The van der Waals surface area contributed by atoms with Crippen LogP contribution < -0.4 is 10.6 Å². The van der Waals surface area contributed by atoms with Crippen LogP contribution in [-0.4, -0.2) is 46.6 Å². The van der Waals surface area contributed by atoms with E-state index in [-0.39, 0.29) is 0 Å². The second kappa shape index (κ2) is 7.36. The zero-order valence-corrected chi connectivity index (χ0v) is 15.6. The minimum absolute atomic E-state index is 0.390. The Hall–Kier alpha value is -2.93. The Labute approximate surface area is 158 Å². The van der Waals surface area contributed by atoms with E-state index in [1.807, 2.05) is 48.1 Å². The number of ether oxygens (including phenoxy) is 1. The SMILES string of the molecule is CNc1cc(-c2cnc3ccc(NC4CCOCC4)nn23)ccc1C(C)=N. The first-order valence-electron chi connectivity index (χ1n) is 9.22. The van der Waals surface area contributed by atoms with Gasteiger partial charge in [0.1, 0.15) is 5.82 Å². The molecule has 27 heavy (non-hydrogen) atoms. The molecule has 1 aliphatic heterocycles. The number of nitrogens with one attached hydrogen (secondary N) is 3. The number of anilines is 2. The van der Waals surface area contributed by atoms with Crippen molar-refractivity contribution in [3.63, 3.8) is 0 Å². The first-order chi connectivity index (χ1) is 13.2. The van der Waals surface area contributed by atoms with Crippen LogP contribution in [0.3, 0.4) is 0 Å². The average Bonchev–Trinajstić information content (AvgIpc) is 3.11. The van der Waals surface area contributed by atoms with E-state index in [1.165, 1.54) is 0 Å². The number of imidazole rings is 1. The summed E-state index contributed by atoms with van der Waals surface area (Å²) in [5.74, 6) is 0.842. The van der Waals surface area contributed by atoms with E-state index < -0.39 is 0 Å². The number of hydrogen-bond donors (Lipinski definition) is 3. The second-order valence-electron chi connectivity index (χ2n) is 6.80. The Morgan fingerprint density at radius 2 is 2.04 bits per heavy atom. The Bertz CT molecular complexity index is 974. The monoisotopic (exact) mass is 364 g/mol. The Kier molecular flexibility index (Phi) is 4.77. The van der Waals surface area contributed by atoms with Crippen molar-refractivity contribution in [2.45, 2.75) is 25.8 Å². The molecule has 0 amide bonds. The van der Waals surface area contributed by atoms with Crippen molar-refractivity contribution in [3.05, 3.63) is 42.1 Å². The van der Waals surface area contributed by atoms with E-state index in [9.17, 15) is 0 Å². The van der Waals surface area contributed by atoms with Crippen molar-refractivity contribution >= 4 is 22.9 Å². The van der Waals surface area contributed by atoms with E-state index in [0.717, 1.165) is 60.0 Å². The fraction of sp³-hybridized carbons (Fsp3) is 0.350. The van der Waals surface area contributed by atoms with Gasteiger partial charge < -0.3 is 20.8 Å². The third-order valence-corrected chi connectivity index (χ3v) is 4.92. The van der Waals surface area contributed by atoms with Crippen LogP contribution in [0.15, 0.2) is 36.5 Å². The summed E-state index contributed by atoms with van der Waals surface area (Å²) < 4.78 is 7.29. The van der Waals surface area contributed by atoms with Gasteiger partial charge in [0.2, 0.25) is 0 Å². The van der Waals surface area contributed by atoms with E-state index in [4.69, 9.17) is 15.2 Å². The number of benzene rings is 1. The highest BCUT2D eigenvalue weighted by atomic mass is 16.5. The highest BCUT2D eigenvalue weighted by molar-refractivity contribution is 6.02. The summed E-state index contributed by atoms with van der Waals surface area (Å²) >= 11 is 0. The summed E-state index contributed by atoms with van der Waals surface area (Å²) in [6.07, 6.45) is 3.82. The van der Waals surface area contributed by atoms with Gasteiger partial charge >= 0.3 is 0 Å². The normalized spacial score (nSPS) is 15.0. The van der Waals surface area contributed by atoms with E-state index in [1.54, 1.807) is 6.92 Å². The van der Waals surface area contributed by atoms with Crippen LogP contribution in [0.5, 0.6) is 0 Å². The van der Waals surface area contributed by atoms with Gasteiger partial charge in [-0.1, -0.05) is 12.1 Å². The van der Waals surface area contributed by atoms with Gasteiger partial charge in [0.05, 0.1) is 11.9 Å². The standard InChI is InChI=1S/C20H24N6O/c1-13(21)16-4-3-14(11-17(16)22-2)18-12-23-20-6-5-19(25-26(18)20)24-15-7-9-27-10-8-15/h3-6,11-12,15,21-22H,7-10H2,1-2H3,(H,24,25). The molecular formula is C20H24N6O. The zero-order chi connectivity index (χ0) is 18.8. The summed E-state index contributed by atoms with van der Waals surface area (Å²) in [7, 11) is 1.87. The van der Waals surface area contributed by atoms with Gasteiger partial charge in [0, 0.05) is 48.8 Å². The molecule has 0 radical (unpaired) electrons. The van der Waals surface area contributed by atoms with Crippen molar-refractivity contribution in [2.24, 2.45) is 0 Å². The number of hydrogen-bond acceptors (Lipinski definition) is 6. The molecule has 1 aromatic carbocycles. The molecule has 2 aromatic heterocycles. The minimum Gasteiger partial charge on any atom is -0.388 e. The fourth-order valence-electron chi connectivity index (χ4n) is 3.44. The lowest BCUT2D eigenvalue weighted by atomic mass is 10.0. The largest absolute Gasteiger partial charge is 0.388 e. The number of fused-ring (bicyclic) bond motifs is 1. The second-order valence-corrected chi connectivity index (χ2v) is 6.80. The van der Waals surface area contributed by atoms with E-state index >= 15 is 0 Å². The average molecular weight is 364 g/mol. The first-order valence-corrected chi connectivity index (χ1v) is 9.22. The van der Waals surface area contributed by atoms with Crippen molar-refractivity contribution in [3.8, 4) is 11.3 Å². The van der Waals surface area contributed by atoms with Crippen molar-refractivity contribution in [1.29, 1.82) is 5.41 Å². The van der Waals surface area contributed by atoms with E-state index in [2.05, 4.69) is 15.6 Å². The van der Waals surface area contributed by atoms with Crippen LogP contribution in [-0.2, 0) is 4.74 Å². The molecule has 0 aliphatic carbocycles. The molecule has 0 unspecified atom stereocenters. The number of rotatable bonds is 5. The zero-order valence-electron chi connectivity index (χ0n) is 15.6. The third kappa shape index (κ3) is 3.50. The highest BCUT2D eigenvalue weighted by Crippen LogP contribution is 2.27. The maximum atomic E-state index is 7.92. The smallest absolute Gasteiger partial charge is 0.154 e. The molecule has 4 rings (SSSR count). The first kappa shape index (κ1) is 17.5. The highest BCUT2D eigenvalue weighted by Gasteiger charge is 2.15. The molecular weight excluding hydrogens is 340 g/mol. The molecule has 1 aliphatic rings. The maximum absolute atomic E-state index is 7.92. The summed E-state index contributed by atoms with van der Waals surface area (Å²) in [6.45, 7) is 3.38. The topological polar surface area (TPSA) is 87.3 Å². The lowest BCUT2D eigenvalue weighted by molar-refractivity contribution is 0.0903. The van der Waals surface area contributed by atoms with Crippen LogP contribution in [0, 0.1) is 5.41 Å².